The highest BCUT2D eigenvalue weighted by molar-refractivity contribution is 7.99. The van der Waals surface area contributed by atoms with Crippen LogP contribution in [0.25, 0.3) is 21.3 Å². The standard InChI is InChI=1S/C21H16FN5O3S2/c22-15-9-5-4-8-13(15)18(29)26-25-16(28)11-32-21-24-19-17(20(30)27(21)23)14(10-31-19)12-6-2-1-3-7-12/h1-10H,11,23H2,(H,25,28)(H,26,29). The molecule has 0 aliphatic rings. The molecule has 11 heteroatoms. The van der Waals surface area contributed by atoms with E-state index in [1.807, 2.05) is 35.7 Å². The normalized spacial score (nSPS) is 10.8. The number of nitrogens with one attached hydrogen (secondary N) is 2. The molecule has 2 amide bonds. The van der Waals surface area contributed by atoms with Crippen molar-refractivity contribution in [2.45, 2.75) is 5.16 Å². The van der Waals surface area contributed by atoms with Crippen molar-refractivity contribution >= 4 is 45.1 Å². The Morgan fingerprint density at radius 1 is 1.09 bits per heavy atom. The van der Waals surface area contributed by atoms with Crippen LogP contribution in [0.1, 0.15) is 10.4 Å². The lowest BCUT2D eigenvalue weighted by Crippen LogP contribution is -2.43. The zero-order valence-corrected chi connectivity index (χ0v) is 18.0. The van der Waals surface area contributed by atoms with Crippen LogP contribution in [0.4, 0.5) is 4.39 Å². The summed E-state index contributed by atoms with van der Waals surface area (Å²) < 4.78 is 14.5. The number of carbonyl (C=O) groups excluding carboxylic acids is 2. The van der Waals surface area contributed by atoms with Crippen molar-refractivity contribution in [3.05, 3.63) is 81.7 Å². The number of benzene rings is 2. The SMILES string of the molecule is Nn1c(SCC(=O)NNC(=O)c2ccccc2F)nc2scc(-c3ccccc3)c2c1=O. The largest absolute Gasteiger partial charge is 0.334 e. The van der Waals surface area contributed by atoms with Crippen LogP contribution in [0.5, 0.6) is 0 Å². The quantitative estimate of drug-likeness (QED) is 0.179. The summed E-state index contributed by atoms with van der Waals surface area (Å²) in [4.78, 5) is 41.8. The molecule has 0 bridgehead atoms. The first-order valence-corrected chi connectivity index (χ1v) is 11.1. The molecule has 4 rings (SSSR count). The minimum Gasteiger partial charge on any atom is -0.334 e. The van der Waals surface area contributed by atoms with Gasteiger partial charge in [-0.25, -0.2) is 14.1 Å². The molecule has 4 N–H and O–H groups in total. The van der Waals surface area contributed by atoms with E-state index in [0.29, 0.717) is 10.2 Å². The van der Waals surface area contributed by atoms with Gasteiger partial charge in [0.15, 0.2) is 5.16 Å². The molecular formula is C21H16FN5O3S2. The average Bonchev–Trinajstić information content (AvgIpc) is 3.24. The van der Waals surface area contributed by atoms with Crippen LogP contribution in [0, 0.1) is 5.82 Å². The van der Waals surface area contributed by atoms with Gasteiger partial charge in [-0.2, -0.15) is 0 Å². The molecule has 2 aromatic carbocycles. The molecule has 32 heavy (non-hydrogen) atoms. The molecule has 4 aromatic rings. The number of rotatable bonds is 5. The number of halogens is 1. The first kappa shape index (κ1) is 21.5. The van der Waals surface area contributed by atoms with Gasteiger partial charge in [-0.05, 0) is 17.7 Å². The van der Waals surface area contributed by atoms with Gasteiger partial charge in [0.2, 0.25) is 5.91 Å². The molecule has 162 valence electrons. The third-order valence-electron chi connectivity index (χ3n) is 4.46. The van der Waals surface area contributed by atoms with Crippen molar-refractivity contribution < 1.29 is 14.0 Å². The molecule has 2 heterocycles. The highest BCUT2D eigenvalue weighted by Gasteiger charge is 2.17. The van der Waals surface area contributed by atoms with E-state index < -0.39 is 23.2 Å². The number of hydrazine groups is 1. The van der Waals surface area contributed by atoms with Gasteiger partial charge in [0.05, 0.1) is 16.7 Å². The van der Waals surface area contributed by atoms with Crippen molar-refractivity contribution in [2.75, 3.05) is 11.6 Å². The second-order valence-corrected chi connectivity index (χ2v) is 8.34. The van der Waals surface area contributed by atoms with Gasteiger partial charge in [0, 0.05) is 10.9 Å². The number of thioether (sulfide) groups is 1. The minimum atomic E-state index is -0.788. The molecule has 0 saturated heterocycles. The first-order valence-electron chi connectivity index (χ1n) is 9.27. The fourth-order valence-corrected chi connectivity index (χ4v) is 4.63. The highest BCUT2D eigenvalue weighted by atomic mass is 32.2. The highest BCUT2D eigenvalue weighted by Crippen LogP contribution is 2.31. The van der Waals surface area contributed by atoms with E-state index in [1.54, 1.807) is 0 Å². The molecule has 2 aromatic heterocycles. The number of carbonyl (C=O) groups is 2. The van der Waals surface area contributed by atoms with Gasteiger partial charge in [0.25, 0.3) is 11.5 Å². The molecule has 0 fully saturated rings. The molecular weight excluding hydrogens is 453 g/mol. The van der Waals surface area contributed by atoms with Gasteiger partial charge in [-0.1, -0.05) is 54.2 Å². The van der Waals surface area contributed by atoms with E-state index in [0.717, 1.165) is 33.6 Å². The zero-order valence-electron chi connectivity index (χ0n) is 16.4. The third-order valence-corrected chi connectivity index (χ3v) is 6.28. The van der Waals surface area contributed by atoms with Gasteiger partial charge in [-0.3, -0.25) is 25.2 Å². The first-order chi connectivity index (χ1) is 15.5. The Morgan fingerprint density at radius 2 is 1.81 bits per heavy atom. The summed E-state index contributed by atoms with van der Waals surface area (Å²) in [7, 11) is 0. The summed E-state index contributed by atoms with van der Waals surface area (Å²) in [6.45, 7) is 0. The molecule has 0 saturated carbocycles. The van der Waals surface area contributed by atoms with Crippen molar-refractivity contribution in [1.82, 2.24) is 20.5 Å². The van der Waals surface area contributed by atoms with Crippen molar-refractivity contribution in [3.8, 4) is 11.1 Å². The summed E-state index contributed by atoms with van der Waals surface area (Å²) in [5, 5.41) is 2.41. The number of nitrogens with two attached hydrogens (primary N) is 1. The van der Waals surface area contributed by atoms with E-state index in [-0.39, 0.29) is 16.5 Å². The Balaban J connectivity index is 1.45. The summed E-state index contributed by atoms with van der Waals surface area (Å²) in [5.74, 6) is 3.69. The van der Waals surface area contributed by atoms with E-state index in [9.17, 15) is 18.8 Å². The minimum absolute atomic E-state index is 0.152. The smallest absolute Gasteiger partial charge is 0.282 e. The molecule has 8 nitrogen and oxygen atoms in total. The van der Waals surface area contributed by atoms with Gasteiger partial charge in [0.1, 0.15) is 10.6 Å². The Bertz CT molecular complexity index is 1370. The van der Waals surface area contributed by atoms with Crippen LogP contribution in [0.3, 0.4) is 0 Å². The predicted molar refractivity (Wildman–Crippen MR) is 122 cm³/mol. The van der Waals surface area contributed by atoms with E-state index >= 15 is 0 Å². The van der Waals surface area contributed by atoms with Crippen molar-refractivity contribution in [2.24, 2.45) is 0 Å². The van der Waals surface area contributed by atoms with Crippen LogP contribution in [-0.4, -0.2) is 27.2 Å². The Hall–Kier alpha value is -3.70. The maximum atomic E-state index is 13.6. The van der Waals surface area contributed by atoms with E-state index in [4.69, 9.17) is 5.84 Å². The fourth-order valence-electron chi connectivity index (χ4n) is 2.92. The maximum Gasteiger partial charge on any atom is 0.282 e. The number of amides is 2. The van der Waals surface area contributed by atoms with Crippen molar-refractivity contribution in [1.29, 1.82) is 0 Å². The van der Waals surface area contributed by atoms with E-state index in [1.165, 1.54) is 29.5 Å². The topological polar surface area (TPSA) is 119 Å². The molecule has 0 spiro atoms. The molecule has 0 atom stereocenters. The average molecular weight is 470 g/mol. The molecule has 0 aliphatic carbocycles. The second kappa shape index (κ2) is 9.20. The summed E-state index contributed by atoms with van der Waals surface area (Å²) in [5.41, 5.74) is 5.34. The number of nitrogens with zero attached hydrogens (tertiary/aromatic N) is 2. The second-order valence-electron chi connectivity index (χ2n) is 6.54. The van der Waals surface area contributed by atoms with Crippen LogP contribution in [0.15, 0.2) is 69.9 Å². The number of hydrogen-bond donors (Lipinski definition) is 3. The summed E-state index contributed by atoms with van der Waals surface area (Å²) in [6, 6.07) is 14.8. The van der Waals surface area contributed by atoms with Gasteiger partial charge in [-0.15, -0.1) is 11.3 Å². The van der Waals surface area contributed by atoms with Gasteiger partial charge < -0.3 is 5.84 Å². The monoisotopic (exact) mass is 469 g/mol. The van der Waals surface area contributed by atoms with E-state index in [2.05, 4.69) is 15.8 Å². The lowest BCUT2D eigenvalue weighted by molar-refractivity contribution is -0.119. The zero-order chi connectivity index (χ0) is 22.7. The predicted octanol–water partition coefficient (Wildman–Crippen LogP) is 2.53. The van der Waals surface area contributed by atoms with Crippen LogP contribution in [0.2, 0.25) is 0 Å². The maximum absolute atomic E-state index is 13.6. The molecule has 0 aliphatic heterocycles. The lowest BCUT2D eigenvalue weighted by Gasteiger charge is -2.09. The Labute approximate surface area is 189 Å². The van der Waals surface area contributed by atoms with Crippen LogP contribution < -0.4 is 22.3 Å². The lowest BCUT2D eigenvalue weighted by atomic mass is 10.1. The van der Waals surface area contributed by atoms with Gasteiger partial charge >= 0.3 is 0 Å². The summed E-state index contributed by atoms with van der Waals surface area (Å²) >= 11 is 2.24. The van der Waals surface area contributed by atoms with Crippen LogP contribution >= 0.6 is 23.1 Å². The third kappa shape index (κ3) is 4.34. The number of thiophene rings is 1. The molecule has 0 radical (unpaired) electrons. The van der Waals surface area contributed by atoms with Crippen LogP contribution in [-0.2, 0) is 4.79 Å². The Morgan fingerprint density at radius 3 is 2.56 bits per heavy atom. The fraction of sp³-hybridized carbons (Fsp3) is 0.0476. The number of fused-ring (bicyclic) bond motifs is 1. The number of nitrogen functional groups attached to an aromatic ring is 1. The summed E-state index contributed by atoms with van der Waals surface area (Å²) in [6.07, 6.45) is 0. The Kier molecular flexibility index (Phi) is 6.19. The van der Waals surface area contributed by atoms with Crippen molar-refractivity contribution in [3.63, 3.8) is 0 Å². The molecule has 0 unspecified atom stereocenters. The number of hydrogen-bond acceptors (Lipinski definition) is 7. The number of aromatic nitrogens is 2.